The van der Waals surface area contributed by atoms with Gasteiger partial charge in [-0.1, -0.05) is 6.07 Å². The SMILES string of the molecule is COc1c(O)ccc(CN2CCNCC2)c1OC.Cl. The second kappa shape index (κ2) is 7.43. The molecule has 1 heterocycles. The van der Waals surface area contributed by atoms with Crippen LogP contribution in [0.25, 0.3) is 0 Å². The Morgan fingerprint density at radius 3 is 2.37 bits per heavy atom. The van der Waals surface area contributed by atoms with Crippen molar-refractivity contribution in [1.29, 1.82) is 0 Å². The van der Waals surface area contributed by atoms with E-state index in [2.05, 4.69) is 10.2 Å². The van der Waals surface area contributed by atoms with Crippen molar-refractivity contribution >= 4 is 12.4 Å². The molecule has 0 bridgehead atoms. The maximum absolute atomic E-state index is 9.72. The van der Waals surface area contributed by atoms with Gasteiger partial charge in [0.05, 0.1) is 14.2 Å². The van der Waals surface area contributed by atoms with E-state index in [0.29, 0.717) is 11.5 Å². The Kier molecular flexibility index (Phi) is 6.21. The van der Waals surface area contributed by atoms with Gasteiger partial charge in [0.25, 0.3) is 0 Å². The number of aromatic hydroxyl groups is 1. The van der Waals surface area contributed by atoms with Crippen molar-refractivity contribution < 1.29 is 14.6 Å². The standard InChI is InChI=1S/C13H20N2O3.ClH/c1-17-12-10(3-4-11(16)13(12)18-2)9-15-7-5-14-6-8-15;/h3-4,14,16H,5-9H2,1-2H3;1H. The fourth-order valence-corrected chi connectivity index (χ4v) is 2.25. The minimum Gasteiger partial charge on any atom is -0.504 e. The van der Waals surface area contributed by atoms with Gasteiger partial charge in [-0.25, -0.2) is 0 Å². The van der Waals surface area contributed by atoms with Crippen LogP contribution in [0.5, 0.6) is 17.2 Å². The summed E-state index contributed by atoms with van der Waals surface area (Å²) in [6.07, 6.45) is 0. The number of benzene rings is 1. The third-order valence-electron chi connectivity index (χ3n) is 3.18. The summed E-state index contributed by atoms with van der Waals surface area (Å²) in [6, 6.07) is 3.54. The smallest absolute Gasteiger partial charge is 0.203 e. The highest BCUT2D eigenvalue weighted by Gasteiger charge is 2.17. The van der Waals surface area contributed by atoms with Crippen LogP contribution >= 0.6 is 12.4 Å². The first-order valence-corrected chi connectivity index (χ1v) is 6.12. The fourth-order valence-electron chi connectivity index (χ4n) is 2.25. The van der Waals surface area contributed by atoms with E-state index in [9.17, 15) is 5.11 Å². The van der Waals surface area contributed by atoms with E-state index < -0.39 is 0 Å². The lowest BCUT2D eigenvalue weighted by atomic mass is 10.1. The number of halogens is 1. The summed E-state index contributed by atoms with van der Waals surface area (Å²) in [5, 5.41) is 13.0. The van der Waals surface area contributed by atoms with Crippen molar-refractivity contribution in [2.45, 2.75) is 6.54 Å². The van der Waals surface area contributed by atoms with Crippen LogP contribution in [-0.2, 0) is 6.54 Å². The summed E-state index contributed by atoms with van der Waals surface area (Å²) < 4.78 is 10.6. The van der Waals surface area contributed by atoms with Crippen molar-refractivity contribution in [2.24, 2.45) is 0 Å². The third-order valence-corrected chi connectivity index (χ3v) is 3.18. The van der Waals surface area contributed by atoms with Gasteiger partial charge in [-0.05, 0) is 6.07 Å². The summed E-state index contributed by atoms with van der Waals surface area (Å²) in [4.78, 5) is 2.35. The molecular formula is C13H21ClN2O3. The van der Waals surface area contributed by atoms with E-state index in [-0.39, 0.29) is 18.2 Å². The third kappa shape index (κ3) is 3.65. The van der Waals surface area contributed by atoms with Gasteiger partial charge in [-0.3, -0.25) is 4.90 Å². The van der Waals surface area contributed by atoms with Crippen LogP contribution in [0.4, 0.5) is 0 Å². The molecule has 5 nitrogen and oxygen atoms in total. The first kappa shape index (κ1) is 15.9. The summed E-state index contributed by atoms with van der Waals surface area (Å²) in [7, 11) is 3.13. The lowest BCUT2D eigenvalue weighted by Gasteiger charge is -2.28. The molecule has 0 aromatic heterocycles. The summed E-state index contributed by atoms with van der Waals surface area (Å²) in [6.45, 7) is 4.87. The molecule has 2 rings (SSSR count). The molecule has 1 aliphatic rings. The van der Waals surface area contributed by atoms with E-state index in [4.69, 9.17) is 9.47 Å². The number of ether oxygens (including phenoxy) is 2. The summed E-state index contributed by atoms with van der Waals surface area (Å²) >= 11 is 0. The Morgan fingerprint density at radius 2 is 1.79 bits per heavy atom. The van der Waals surface area contributed by atoms with Gasteiger partial charge in [-0.15, -0.1) is 12.4 Å². The van der Waals surface area contributed by atoms with Gasteiger partial charge in [0.15, 0.2) is 11.5 Å². The van der Waals surface area contributed by atoms with E-state index >= 15 is 0 Å². The average Bonchev–Trinajstić information content (AvgIpc) is 2.41. The molecule has 1 aromatic rings. The zero-order valence-corrected chi connectivity index (χ0v) is 12.1. The monoisotopic (exact) mass is 288 g/mol. The highest BCUT2D eigenvalue weighted by atomic mass is 35.5. The summed E-state index contributed by atoms with van der Waals surface area (Å²) in [5.74, 6) is 1.14. The molecule has 0 unspecified atom stereocenters. The highest BCUT2D eigenvalue weighted by Crippen LogP contribution is 2.39. The van der Waals surface area contributed by atoms with E-state index in [1.807, 2.05) is 6.07 Å². The van der Waals surface area contributed by atoms with Gasteiger partial charge < -0.3 is 19.9 Å². The number of rotatable bonds is 4. The van der Waals surface area contributed by atoms with Crippen LogP contribution in [0.15, 0.2) is 12.1 Å². The van der Waals surface area contributed by atoms with Crippen molar-refractivity contribution in [1.82, 2.24) is 10.2 Å². The van der Waals surface area contributed by atoms with Crippen LogP contribution in [0.2, 0.25) is 0 Å². The largest absolute Gasteiger partial charge is 0.504 e. The van der Waals surface area contributed by atoms with Crippen LogP contribution in [-0.4, -0.2) is 50.4 Å². The number of nitrogens with zero attached hydrogens (tertiary/aromatic N) is 1. The second-order valence-corrected chi connectivity index (χ2v) is 4.34. The zero-order chi connectivity index (χ0) is 13.0. The van der Waals surface area contributed by atoms with Crippen LogP contribution in [0.3, 0.4) is 0 Å². The van der Waals surface area contributed by atoms with Crippen molar-refractivity contribution in [3.05, 3.63) is 17.7 Å². The molecule has 19 heavy (non-hydrogen) atoms. The molecule has 6 heteroatoms. The van der Waals surface area contributed by atoms with Crippen molar-refractivity contribution in [3.63, 3.8) is 0 Å². The molecule has 1 aromatic carbocycles. The number of phenols is 1. The molecule has 0 spiro atoms. The molecule has 108 valence electrons. The van der Waals surface area contributed by atoms with Gasteiger partial charge in [0, 0.05) is 38.3 Å². The number of phenolic OH excluding ortho intramolecular Hbond substituents is 1. The first-order valence-electron chi connectivity index (χ1n) is 6.12. The number of piperazine rings is 1. The molecule has 0 aliphatic carbocycles. The molecule has 0 saturated carbocycles. The number of hydrogen-bond donors (Lipinski definition) is 2. The van der Waals surface area contributed by atoms with Gasteiger partial charge in [0.1, 0.15) is 0 Å². The quantitative estimate of drug-likeness (QED) is 0.873. The second-order valence-electron chi connectivity index (χ2n) is 4.34. The average molecular weight is 289 g/mol. The fraction of sp³-hybridized carbons (Fsp3) is 0.538. The zero-order valence-electron chi connectivity index (χ0n) is 11.3. The molecule has 1 aliphatic heterocycles. The number of nitrogens with one attached hydrogen (secondary N) is 1. The topological polar surface area (TPSA) is 54.0 Å². The molecule has 1 fully saturated rings. The van der Waals surface area contributed by atoms with E-state index in [1.165, 1.54) is 7.11 Å². The molecule has 1 saturated heterocycles. The van der Waals surface area contributed by atoms with E-state index in [0.717, 1.165) is 38.3 Å². The lowest BCUT2D eigenvalue weighted by Crippen LogP contribution is -2.42. The minimum absolute atomic E-state index is 0. The van der Waals surface area contributed by atoms with Crippen molar-refractivity contribution in [2.75, 3.05) is 40.4 Å². The molecule has 2 N–H and O–H groups in total. The van der Waals surface area contributed by atoms with Gasteiger partial charge in [0.2, 0.25) is 5.75 Å². The van der Waals surface area contributed by atoms with Crippen LogP contribution < -0.4 is 14.8 Å². The first-order chi connectivity index (χ1) is 8.76. The Morgan fingerprint density at radius 1 is 1.16 bits per heavy atom. The van der Waals surface area contributed by atoms with E-state index in [1.54, 1.807) is 13.2 Å². The summed E-state index contributed by atoms with van der Waals surface area (Å²) in [5.41, 5.74) is 1.04. The molecular weight excluding hydrogens is 268 g/mol. The predicted molar refractivity (Wildman–Crippen MR) is 76.6 cm³/mol. The normalized spacial score (nSPS) is 15.7. The molecule has 0 radical (unpaired) electrons. The van der Waals surface area contributed by atoms with Crippen LogP contribution in [0, 0.1) is 0 Å². The predicted octanol–water partition coefficient (Wildman–Crippen LogP) is 1.24. The molecule has 0 amide bonds. The Labute approximate surface area is 119 Å². The number of methoxy groups -OCH3 is 2. The Bertz CT molecular complexity index is 409. The molecule has 0 atom stereocenters. The maximum atomic E-state index is 9.72. The Balaban J connectivity index is 0.00000180. The number of hydrogen-bond acceptors (Lipinski definition) is 5. The minimum atomic E-state index is 0. The van der Waals surface area contributed by atoms with Gasteiger partial charge >= 0.3 is 0 Å². The maximum Gasteiger partial charge on any atom is 0.203 e. The Hall–Kier alpha value is -1.17. The van der Waals surface area contributed by atoms with Crippen molar-refractivity contribution in [3.8, 4) is 17.2 Å². The highest BCUT2D eigenvalue weighted by molar-refractivity contribution is 5.85. The lowest BCUT2D eigenvalue weighted by molar-refractivity contribution is 0.228. The van der Waals surface area contributed by atoms with Crippen LogP contribution in [0.1, 0.15) is 5.56 Å². The van der Waals surface area contributed by atoms with Gasteiger partial charge in [-0.2, -0.15) is 0 Å².